The Bertz CT molecular complexity index is 584. The van der Waals surface area contributed by atoms with Crippen LogP contribution in [0.15, 0.2) is 11.0 Å². The van der Waals surface area contributed by atoms with Crippen molar-refractivity contribution in [1.29, 1.82) is 0 Å². The average molecular weight is 329 g/mol. The van der Waals surface area contributed by atoms with Crippen LogP contribution in [0.25, 0.3) is 0 Å². The zero-order chi connectivity index (χ0) is 15.5. The average Bonchev–Trinajstić information content (AvgIpc) is 2.71. The van der Waals surface area contributed by atoms with Crippen molar-refractivity contribution in [2.45, 2.75) is 18.2 Å². The van der Waals surface area contributed by atoms with E-state index in [1.807, 2.05) is 0 Å². The normalized spacial score (nSPS) is 12.3. The predicted octanol–water partition coefficient (Wildman–Crippen LogP) is 1.00. The number of thiophene rings is 1. The lowest BCUT2D eigenvalue weighted by Gasteiger charge is -2.20. The van der Waals surface area contributed by atoms with Gasteiger partial charge in [-0.2, -0.15) is 4.31 Å². The van der Waals surface area contributed by atoms with Gasteiger partial charge in [0.1, 0.15) is 4.88 Å². The molecule has 0 unspecified atom stereocenters. The molecule has 0 amide bonds. The summed E-state index contributed by atoms with van der Waals surface area (Å²) in [4.78, 5) is 10.5. The molecule has 1 aromatic rings. The molecular formula is C10H13F2NO5S2. The smallest absolute Gasteiger partial charge is 0.345 e. The number of carbonyl (C=O) groups is 1. The molecule has 0 fully saturated rings. The van der Waals surface area contributed by atoms with Gasteiger partial charge < -0.3 is 10.2 Å². The molecule has 0 spiro atoms. The van der Waals surface area contributed by atoms with Gasteiger partial charge in [0, 0.05) is 11.4 Å². The lowest BCUT2D eigenvalue weighted by atomic mass is 10.4. The van der Waals surface area contributed by atoms with Gasteiger partial charge >= 0.3 is 5.97 Å². The van der Waals surface area contributed by atoms with Crippen LogP contribution in [0.2, 0.25) is 0 Å². The third kappa shape index (κ3) is 3.72. The Kier molecular flexibility index (Phi) is 5.57. The Balaban J connectivity index is 3.22. The molecule has 0 atom stereocenters. The van der Waals surface area contributed by atoms with Gasteiger partial charge in [0.05, 0.1) is 18.0 Å². The van der Waals surface area contributed by atoms with E-state index in [4.69, 9.17) is 10.2 Å². The summed E-state index contributed by atoms with van der Waals surface area (Å²) in [7, 11) is -4.26. The Morgan fingerprint density at radius 2 is 2.10 bits per heavy atom. The van der Waals surface area contributed by atoms with Crippen LogP contribution in [-0.4, -0.2) is 55.0 Å². The molecule has 0 aliphatic rings. The predicted molar refractivity (Wildman–Crippen MR) is 67.9 cm³/mol. The van der Waals surface area contributed by atoms with Gasteiger partial charge in [0.15, 0.2) is 0 Å². The van der Waals surface area contributed by atoms with Crippen LogP contribution in [0, 0.1) is 6.92 Å². The molecule has 20 heavy (non-hydrogen) atoms. The highest BCUT2D eigenvalue weighted by atomic mass is 32.2. The van der Waals surface area contributed by atoms with Crippen LogP contribution in [0.3, 0.4) is 0 Å². The lowest BCUT2D eigenvalue weighted by molar-refractivity contribution is 0.0702. The van der Waals surface area contributed by atoms with Crippen LogP contribution in [0.1, 0.15) is 14.5 Å². The van der Waals surface area contributed by atoms with E-state index in [-0.39, 0.29) is 14.6 Å². The van der Waals surface area contributed by atoms with Gasteiger partial charge in [0.25, 0.3) is 6.43 Å². The SMILES string of the molecule is Cc1sc(C(=O)O)cc1S(=O)(=O)N(CCO)CC(F)F. The number of carboxylic acid groups (broad SMARTS) is 1. The molecule has 0 radical (unpaired) electrons. The minimum atomic E-state index is -4.26. The highest BCUT2D eigenvalue weighted by molar-refractivity contribution is 7.89. The van der Waals surface area contributed by atoms with Crippen LogP contribution < -0.4 is 0 Å². The van der Waals surface area contributed by atoms with Crippen molar-refractivity contribution in [3.63, 3.8) is 0 Å². The van der Waals surface area contributed by atoms with E-state index in [1.54, 1.807) is 0 Å². The third-order valence-electron chi connectivity index (χ3n) is 2.39. The van der Waals surface area contributed by atoms with E-state index in [9.17, 15) is 22.0 Å². The standard InChI is InChI=1S/C10H13F2NO5S2/c1-6-8(4-7(19-6)10(15)16)20(17,18)13(2-3-14)5-9(11)12/h4,9,14H,2-3,5H2,1H3,(H,15,16). The molecular weight excluding hydrogens is 316 g/mol. The van der Waals surface area contributed by atoms with Gasteiger partial charge in [-0.25, -0.2) is 22.0 Å². The molecule has 114 valence electrons. The lowest BCUT2D eigenvalue weighted by Crippen LogP contribution is -2.37. The van der Waals surface area contributed by atoms with Crippen LogP contribution in [-0.2, 0) is 10.0 Å². The van der Waals surface area contributed by atoms with Crippen molar-refractivity contribution in [3.05, 3.63) is 15.8 Å². The number of aromatic carboxylic acids is 1. The first kappa shape index (κ1) is 17.0. The fourth-order valence-corrected chi connectivity index (χ4v) is 4.35. The summed E-state index contributed by atoms with van der Waals surface area (Å²) in [5.41, 5.74) is 0. The minimum absolute atomic E-state index is 0.193. The van der Waals surface area contributed by atoms with E-state index in [2.05, 4.69) is 0 Å². The molecule has 10 heteroatoms. The van der Waals surface area contributed by atoms with Gasteiger partial charge in [-0.05, 0) is 13.0 Å². The molecule has 1 rings (SSSR count). The van der Waals surface area contributed by atoms with Crippen LogP contribution in [0.4, 0.5) is 8.78 Å². The number of aliphatic hydroxyl groups is 1. The Labute approximate surface area is 118 Å². The first-order valence-corrected chi connectivity index (χ1v) is 7.68. The number of hydrogen-bond acceptors (Lipinski definition) is 5. The van der Waals surface area contributed by atoms with E-state index in [0.29, 0.717) is 4.31 Å². The van der Waals surface area contributed by atoms with Gasteiger partial charge in [-0.15, -0.1) is 11.3 Å². The fourth-order valence-electron chi connectivity index (χ4n) is 1.54. The summed E-state index contributed by atoms with van der Waals surface area (Å²) in [6.07, 6.45) is -2.89. The summed E-state index contributed by atoms with van der Waals surface area (Å²) < 4.78 is 49.7. The third-order valence-corrected chi connectivity index (χ3v) is 5.55. The highest BCUT2D eigenvalue weighted by Crippen LogP contribution is 2.28. The van der Waals surface area contributed by atoms with Crippen molar-refractivity contribution in [2.24, 2.45) is 0 Å². The zero-order valence-corrected chi connectivity index (χ0v) is 12.0. The minimum Gasteiger partial charge on any atom is -0.477 e. The molecule has 0 bridgehead atoms. The van der Waals surface area contributed by atoms with Crippen molar-refractivity contribution >= 4 is 27.3 Å². The first-order valence-electron chi connectivity index (χ1n) is 5.43. The van der Waals surface area contributed by atoms with E-state index in [0.717, 1.165) is 17.4 Å². The number of aryl methyl sites for hydroxylation is 1. The zero-order valence-electron chi connectivity index (χ0n) is 10.4. The quantitative estimate of drug-likeness (QED) is 0.778. The summed E-state index contributed by atoms with van der Waals surface area (Å²) >= 11 is 0.748. The Hall–Kier alpha value is -1.10. The van der Waals surface area contributed by atoms with Crippen molar-refractivity contribution < 1.29 is 32.2 Å². The molecule has 0 aliphatic carbocycles. The number of halogens is 2. The fraction of sp³-hybridized carbons (Fsp3) is 0.500. The first-order chi connectivity index (χ1) is 9.20. The van der Waals surface area contributed by atoms with Gasteiger partial charge in [-0.1, -0.05) is 0 Å². The monoisotopic (exact) mass is 329 g/mol. The second-order valence-electron chi connectivity index (χ2n) is 3.81. The maximum Gasteiger partial charge on any atom is 0.345 e. The summed E-state index contributed by atoms with van der Waals surface area (Å²) in [5, 5.41) is 17.6. The second kappa shape index (κ2) is 6.57. The summed E-state index contributed by atoms with van der Waals surface area (Å²) in [5.74, 6) is -1.29. The summed E-state index contributed by atoms with van der Waals surface area (Å²) in [6, 6.07) is 0.938. The molecule has 1 aromatic heterocycles. The molecule has 0 aromatic carbocycles. The molecule has 1 heterocycles. The highest BCUT2D eigenvalue weighted by Gasteiger charge is 2.30. The van der Waals surface area contributed by atoms with Crippen molar-refractivity contribution in [3.8, 4) is 0 Å². The van der Waals surface area contributed by atoms with Gasteiger partial charge in [-0.3, -0.25) is 0 Å². The number of nitrogens with zero attached hydrogens (tertiary/aromatic N) is 1. The molecule has 0 saturated carbocycles. The van der Waals surface area contributed by atoms with E-state index in [1.165, 1.54) is 6.92 Å². The maximum absolute atomic E-state index is 12.4. The molecule has 6 nitrogen and oxygen atoms in total. The summed E-state index contributed by atoms with van der Waals surface area (Å²) in [6.45, 7) is -0.755. The van der Waals surface area contributed by atoms with Gasteiger partial charge in [0.2, 0.25) is 10.0 Å². The number of alkyl halides is 2. The number of rotatable bonds is 7. The van der Waals surface area contributed by atoms with Crippen molar-refractivity contribution in [2.75, 3.05) is 19.7 Å². The second-order valence-corrected chi connectivity index (χ2v) is 6.98. The molecule has 0 saturated heterocycles. The molecule has 2 N–H and O–H groups in total. The van der Waals surface area contributed by atoms with E-state index >= 15 is 0 Å². The Morgan fingerprint density at radius 1 is 1.50 bits per heavy atom. The van der Waals surface area contributed by atoms with E-state index < -0.39 is 42.1 Å². The number of aliphatic hydroxyl groups excluding tert-OH is 1. The maximum atomic E-state index is 12.4. The molecule has 0 aliphatic heterocycles. The van der Waals surface area contributed by atoms with Crippen LogP contribution in [0.5, 0.6) is 0 Å². The number of hydrogen-bond donors (Lipinski definition) is 2. The largest absolute Gasteiger partial charge is 0.477 e. The van der Waals surface area contributed by atoms with Crippen molar-refractivity contribution in [1.82, 2.24) is 4.31 Å². The topological polar surface area (TPSA) is 94.9 Å². The number of carboxylic acids is 1. The number of sulfonamides is 1. The van der Waals surface area contributed by atoms with Crippen LogP contribution >= 0.6 is 11.3 Å². The Morgan fingerprint density at radius 3 is 2.50 bits per heavy atom.